The first-order valence-corrected chi connectivity index (χ1v) is 6.45. The van der Waals surface area contributed by atoms with Crippen molar-refractivity contribution in [2.24, 2.45) is 0 Å². The minimum absolute atomic E-state index is 0.0376. The topological polar surface area (TPSA) is 58.6 Å². The largest absolute Gasteiger partial charge is 0.369 e. The fourth-order valence-electron chi connectivity index (χ4n) is 2.75. The number of nitrogens with zero attached hydrogens (tertiary/aromatic N) is 1. The van der Waals surface area contributed by atoms with Crippen LogP contribution in [0.5, 0.6) is 0 Å². The summed E-state index contributed by atoms with van der Waals surface area (Å²) in [7, 11) is 0. The molecule has 0 aliphatic carbocycles. The van der Waals surface area contributed by atoms with Crippen molar-refractivity contribution in [2.45, 2.75) is 25.4 Å². The molecule has 0 saturated carbocycles. The molecule has 2 unspecified atom stereocenters. The van der Waals surface area contributed by atoms with Crippen molar-refractivity contribution in [1.82, 2.24) is 5.32 Å². The standard InChI is InChI=1S/C14H16N2O3/c1-9-6-10-4-2-3-5-12(10)16(9)14(18)11-7-19-8-13(17)15-11/h2-5,9,11H,6-8H2,1H3,(H,15,17). The molecule has 0 radical (unpaired) electrons. The Morgan fingerprint density at radius 2 is 2.21 bits per heavy atom. The zero-order chi connectivity index (χ0) is 13.4. The molecule has 2 amide bonds. The Balaban J connectivity index is 1.85. The number of nitrogens with one attached hydrogen (secondary N) is 1. The number of fused-ring (bicyclic) bond motifs is 1. The Labute approximate surface area is 111 Å². The molecule has 1 aromatic rings. The van der Waals surface area contributed by atoms with Gasteiger partial charge in [0, 0.05) is 11.7 Å². The number of benzene rings is 1. The van der Waals surface area contributed by atoms with Gasteiger partial charge in [-0.25, -0.2) is 0 Å². The monoisotopic (exact) mass is 260 g/mol. The third kappa shape index (κ3) is 2.10. The molecule has 0 bridgehead atoms. The lowest BCUT2D eigenvalue weighted by Gasteiger charge is -2.30. The van der Waals surface area contributed by atoms with Gasteiger partial charge in [-0.2, -0.15) is 0 Å². The van der Waals surface area contributed by atoms with E-state index in [2.05, 4.69) is 5.32 Å². The van der Waals surface area contributed by atoms with E-state index in [1.165, 1.54) is 5.56 Å². The molecule has 19 heavy (non-hydrogen) atoms. The zero-order valence-electron chi connectivity index (χ0n) is 10.8. The van der Waals surface area contributed by atoms with Gasteiger partial charge in [-0.05, 0) is 25.0 Å². The molecule has 5 heteroatoms. The second-order valence-electron chi connectivity index (χ2n) is 5.03. The molecular formula is C14H16N2O3. The summed E-state index contributed by atoms with van der Waals surface area (Å²) >= 11 is 0. The predicted octanol–water partition coefficient (Wildman–Crippen LogP) is 0.479. The maximum Gasteiger partial charge on any atom is 0.252 e. The van der Waals surface area contributed by atoms with Crippen molar-refractivity contribution >= 4 is 17.5 Å². The maximum absolute atomic E-state index is 12.6. The average Bonchev–Trinajstić information content (AvgIpc) is 2.74. The summed E-state index contributed by atoms with van der Waals surface area (Å²) in [5.41, 5.74) is 2.12. The van der Waals surface area contributed by atoms with Crippen LogP contribution in [0.25, 0.3) is 0 Å². The van der Waals surface area contributed by atoms with E-state index in [4.69, 9.17) is 4.74 Å². The molecule has 1 N–H and O–H groups in total. The van der Waals surface area contributed by atoms with Crippen molar-refractivity contribution in [2.75, 3.05) is 18.1 Å². The fraction of sp³-hybridized carbons (Fsp3) is 0.429. The SMILES string of the molecule is CC1Cc2ccccc2N1C(=O)C1COCC(=O)N1. The molecule has 100 valence electrons. The fourth-order valence-corrected chi connectivity index (χ4v) is 2.75. The van der Waals surface area contributed by atoms with Crippen LogP contribution in [-0.2, 0) is 20.7 Å². The van der Waals surface area contributed by atoms with Crippen LogP contribution in [0.4, 0.5) is 5.69 Å². The average molecular weight is 260 g/mol. The number of carbonyl (C=O) groups excluding carboxylic acids is 2. The van der Waals surface area contributed by atoms with Gasteiger partial charge in [0.05, 0.1) is 6.61 Å². The van der Waals surface area contributed by atoms with Gasteiger partial charge in [0.15, 0.2) is 0 Å². The summed E-state index contributed by atoms with van der Waals surface area (Å²) < 4.78 is 5.14. The molecule has 0 spiro atoms. The lowest BCUT2D eigenvalue weighted by Crippen LogP contribution is -2.56. The first kappa shape index (κ1) is 12.2. The molecule has 0 aromatic heterocycles. The van der Waals surface area contributed by atoms with Crippen LogP contribution in [0.15, 0.2) is 24.3 Å². The van der Waals surface area contributed by atoms with Gasteiger partial charge in [-0.3, -0.25) is 9.59 Å². The number of rotatable bonds is 1. The van der Waals surface area contributed by atoms with Gasteiger partial charge >= 0.3 is 0 Å². The highest BCUT2D eigenvalue weighted by Crippen LogP contribution is 2.32. The summed E-state index contributed by atoms with van der Waals surface area (Å²) in [4.78, 5) is 25.6. The molecule has 5 nitrogen and oxygen atoms in total. The van der Waals surface area contributed by atoms with Crippen LogP contribution in [0, 0.1) is 0 Å². The van der Waals surface area contributed by atoms with Gasteiger partial charge in [0.2, 0.25) is 5.91 Å². The van der Waals surface area contributed by atoms with Crippen molar-refractivity contribution in [3.63, 3.8) is 0 Å². The number of ether oxygens (including phenoxy) is 1. The normalized spacial score (nSPS) is 25.9. The molecule has 2 atom stereocenters. The first-order valence-electron chi connectivity index (χ1n) is 6.45. The summed E-state index contributed by atoms with van der Waals surface area (Å²) in [6.07, 6.45) is 0.851. The van der Waals surface area contributed by atoms with Crippen molar-refractivity contribution < 1.29 is 14.3 Å². The van der Waals surface area contributed by atoms with Crippen LogP contribution in [0.3, 0.4) is 0 Å². The molecule has 1 fully saturated rings. The first-order chi connectivity index (χ1) is 9.16. The quantitative estimate of drug-likeness (QED) is 0.799. The van der Waals surface area contributed by atoms with E-state index in [-0.39, 0.29) is 31.1 Å². The number of carbonyl (C=O) groups is 2. The van der Waals surface area contributed by atoms with Crippen LogP contribution in [-0.4, -0.2) is 37.1 Å². The van der Waals surface area contributed by atoms with Gasteiger partial charge in [0.1, 0.15) is 12.6 Å². The number of para-hydroxylation sites is 1. The van der Waals surface area contributed by atoms with Gasteiger partial charge < -0.3 is 15.0 Å². The number of anilines is 1. The van der Waals surface area contributed by atoms with Gasteiger partial charge in [-0.15, -0.1) is 0 Å². The van der Waals surface area contributed by atoms with E-state index < -0.39 is 6.04 Å². The number of morpholine rings is 1. The van der Waals surface area contributed by atoms with Crippen LogP contribution < -0.4 is 10.2 Å². The second kappa shape index (κ2) is 4.66. The van der Waals surface area contributed by atoms with E-state index >= 15 is 0 Å². The van der Waals surface area contributed by atoms with E-state index in [1.807, 2.05) is 31.2 Å². The highest BCUT2D eigenvalue weighted by molar-refractivity contribution is 6.01. The summed E-state index contributed by atoms with van der Waals surface area (Å²) in [5.74, 6) is -0.324. The van der Waals surface area contributed by atoms with Crippen LogP contribution in [0.2, 0.25) is 0 Å². The maximum atomic E-state index is 12.6. The lowest BCUT2D eigenvalue weighted by molar-refractivity contribution is -0.137. The highest BCUT2D eigenvalue weighted by Gasteiger charge is 2.36. The van der Waals surface area contributed by atoms with Crippen molar-refractivity contribution in [3.8, 4) is 0 Å². The molecule has 2 aliphatic heterocycles. The molecule has 3 rings (SSSR count). The van der Waals surface area contributed by atoms with E-state index in [9.17, 15) is 9.59 Å². The summed E-state index contributed by atoms with van der Waals surface area (Å²) in [6.45, 7) is 2.30. The molecular weight excluding hydrogens is 244 g/mol. The Bertz CT molecular complexity index is 529. The van der Waals surface area contributed by atoms with Gasteiger partial charge in [-0.1, -0.05) is 18.2 Å². The Morgan fingerprint density at radius 1 is 1.42 bits per heavy atom. The third-order valence-corrected chi connectivity index (χ3v) is 3.60. The van der Waals surface area contributed by atoms with E-state index in [0.29, 0.717) is 0 Å². The minimum atomic E-state index is -0.574. The van der Waals surface area contributed by atoms with Gasteiger partial charge in [0.25, 0.3) is 5.91 Å². The predicted molar refractivity (Wildman–Crippen MR) is 69.8 cm³/mol. The Kier molecular flexibility index (Phi) is 2.98. The second-order valence-corrected chi connectivity index (χ2v) is 5.03. The Hall–Kier alpha value is -1.88. The summed E-state index contributed by atoms with van der Waals surface area (Å²) in [6, 6.07) is 7.42. The molecule has 1 saturated heterocycles. The number of amides is 2. The number of hydrogen-bond acceptors (Lipinski definition) is 3. The number of hydrogen-bond donors (Lipinski definition) is 1. The third-order valence-electron chi connectivity index (χ3n) is 3.60. The zero-order valence-corrected chi connectivity index (χ0v) is 10.8. The lowest BCUT2D eigenvalue weighted by atomic mass is 10.1. The Morgan fingerprint density at radius 3 is 3.00 bits per heavy atom. The summed E-state index contributed by atoms with van der Waals surface area (Å²) in [5, 5.41) is 2.69. The molecule has 2 aliphatic rings. The van der Waals surface area contributed by atoms with Crippen molar-refractivity contribution in [1.29, 1.82) is 0 Å². The molecule has 2 heterocycles. The smallest absolute Gasteiger partial charge is 0.252 e. The van der Waals surface area contributed by atoms with Crippen molar-refractivity contribution in [3.05, 3.63) is 29.8 Å². The highest BCUT2D eigenvalue weighted by atomic mass is 16.5. The minimum Gasteiger partial charge on any atom is -0.369 e. The van der Waals surface area contributed by atoms with E-state index in [0.717, 1.165) is 12.1 Å². The van der Waals surface area contributed by atoms with Crippen LogP contribution in [0.1, 0.15) is 12.5 Å². The van der Waals surface area contributed by atoms with Crippen LogP contribution >= 0.6 is 0 Å². The molecule has 1 aromatic carbocycles. The van der Waals surface area contributed by atoms with E-state index in [1.54, 1.807) is 4.90 Å².